The first-order valence-corrected chi connectivity index (χ1v) is 7.95. The number of ether oxygens (including phenoxy) is 1. The quantitative estimate of drug-likeness (QED) is 0.788. The fourth-order valence-corrected chi connectivity index (χ4v) is 3.09. The van der Waals surface area contributed by atoms with Crippen LogP contribution in [0.2, 0.25) is 0 Å². The van der Waals surface area contributed by atoms with Gasteiger partial charge in [-0.1, -0.05) is 19.3 Å². The second-order valence-corrected chi connectivity index (χ2v) is 6.13. The highest BCUT2D eigenvalue weighted by molar-refractivity contribution is 5.76. The van der Waals surface area contributed by atoms with Crippen molar-refractivity contribution in [3.63, 3.8) is 0 Å². The molecule has 1 amide bonds. The average molecular weight is 284 g/mol. The van der Waals surface area contributed by atoms with Crippen LogP contribution in [0, 0.1) is 0 Å². The van der Waals surface area contributed by atoms with Gasteiger partial charge in [-0.2, -0.15) is 0 Å². The minimum Gasteiger partial charge on any atom is -0.394 e. The SMILES string of the molecule is CC1COC(CO)CN1CCC(=O)NC1CCCCC1. The molecule has 0 aromatic rings. The minimum absolute atomic E-state index is 0.0531. The van der Waals surface area contributed by atoms with Gasteiger partial charge in [0.05, 0.1) is 19.3 Å². The number of morpholine rings is 1. The fraction of sp³-hybridized carbons (Fsp3) is 0.933. The van der Waals surface area contributed by atoms with E-state index in [1.54, 1.807) is 0 Å². The Kier molecular flexibility index (Phi) is 6.26. The highest BCUT2D eigenvalue weighted by Gasteiger charge is 2.26. The molecule has 1 aliphatic heterocycles. The number of rotatable bonds is 5. The summed E-state index contributed by atoms with van der Waals surface area (Å²) in [4.78, 5) is 14.2. The van der Waals surface area contributed by atoms with E-state index in [4.69, 9.17) is 9.84 Å². The number of carbonyl (C=O) groups excluding carboxylic acids is 1. The molecule has 5 heteroatoms. The molecule has 0 aromatic carbocycles. The summed E-state index contributed by atoms with van der Waals surface area (Å²) in [6.45, 7) is 4.26. The number of aliphatic hydroxyl groups is 1. The molecule has 0 radical (unpaired) electrons. The largest absolute Gasteiger partial charge is 0.394 e. The maximum atomic E-state index is 12.0. The number of amides is 1. The Morgan fingerprint density at radius 3 is 2.80 bits per heavy atom. The van der Waals surface area contributed by atoms with Crippen LogP contribution >= 0.6 is 0 Å². The van der Waals surface area contributed by atoms with Gasteiger partial charge in [-0.3, -0.25) is 9.69 Å². The van der Waals surface area contributed by atoms with E-state index in [0.29, 0.717) is 31.7 Å². The summed E-state index contributed by atoms with van der Waals surface area (Å²) in [5.41, 5.74) is 0. The molecule has 0 bridgehead atoms. The third kappa shape index (κ3) is 4.72. The second-order valence-electron chi connectivity index (χ2n) is 6.13. The van der Waals surface area contributed by atoms with Crippen molar-refractivity contribution in [2.75, 3.05) is 26.3 Å². The number of nitrogens with zero attached hydrogens (tertiary/aromatic N) is 1. The van der Waals surface area contributed by atoms with E-state index >= 15 is 0 Å². The topological polar surface area (TPSA) is 61.8 Å². The van der Waals surface area contributed by atoms with Crippen molar-refractivity contribution in [3.05, 3.63) is 0 Å². The molecule has 1 aliphatic carbocycles. The lowest BCUT2D eigenvalue weighted by Crippen LogP contribution is -2.50. The van der Waals surface area contributed by atoms with Crippen molar-refractivity contribution >= 4 is 5.91 Å². The van der Waals surface area contributed by atoms with E-state index in [2.05, 4.69) is 17.1 Å². The van der Waals surface area contributed by atoms with Crippen molar-refractivity contribution in [1.29, 1.82) is 0 Å². The van der Waals surface area contributed by atoms with E-state index in [-0.39, 0.29) is 18.6 Å². The fourth-order valence-electron chi connectivity index (χ4n) is 3.09. The number of nitrogens with one attached hydrogen (secondary N) is 1. The molecule has 1 saturated heterocycles. The van der Waals surface area contributed by atoms with Gasteiger partial charge in [0.1, 0.15) is 0 Å². The first-order chi connectivity index (χ1) is 9.69. The Bertz CT molecular complexity index is 305. The van der Waals surface area contributed by atoms with Gasteiger partial charge >= 0.3 is 0 Å². The molecule has 2 rings (SSSR count). The maximum Gasteiger partial charge on any atom is 0.221 e. The summed E-state index contributed by atoms with van der Waals surface area (Å²) in [7, 11) is 0. The normalized spacial score (nSPS) is 29.3. The average Bonchev–Trinajstić information content (AvgIpc) is 2.47. The van der Waals surface area contributed by atoms with E-state index < -0.39 is 0 Å². The monoisotopic (exact) mass is 284 g/mol. The number of hydrogen-bond acceptors (Lipinski definition) is 4. The minimum atomic E-state index is -0.104. The van der Waals surface area contributed by atoms with Crippen LogP contribution < -0.4 is 5.32 Å². The van der Waals surface area contributed by atoms with E-state index in [9.17, 15) is 4.79 Å². The summed E-state index contributed by atoms with van der Waals surface area (Å²) in [6.07, 6.45) is 6.48. The molecule has 20 heavy (non-hydrogen) atoms. The lowest BCUT2D eigenvalue weighted by Gasteiger charge is -2.37. The van der Waals surface area contributed by atoms with Gasteiger partial charge in [0, 0.05) is 31.6 Å². The molecule has 1 saturated carbocycles. The van der Waals surface area contributed by atoms with Gasteiger partial charge in [-0.25, -0.2) is 0 Å². The van der Waals surface area contributed by atoms with Gasteiger partial charge < -0.3 is 15.2 Å². The van der Waals surface area contributed by atoms with Crippen molar-refractivity contribution < 1.29 is 14.6 Å². The lowest BCUT2D eigenvalue weighted by atomic mass is 9.95. The molecule has 116 valence electrons. The Hall–Kier alpha value is -0.650. The highest BCUT2D eigenvalue weighted by Crippen LogP contribution is 2.17. The predicted octanol–water partition coefficient (Wildman–Crippen LogP) is 0.907. The molecular formula is C15H28N2O3. The van der Waals surface area contributed by atoms with Crippen LogP contribution in [0.3, 0.4) is 0 Å². The van der Waals surface area contributed by atoms with Crippen LogP contribution in [0.1, 0.15) is 45.4 Å². The highest BCUT2D eigenvalue weighted by atomic mass is 16.5. The predicted molar refractivity (Wildman–Crippen MR) is 77.5 cm³/mol. The Morgan fingerprint density at radius 1 is 1.35 bits per heavy atom. The van der Waals surface area contributed by atoms with E-state index in [1.807, 2.05) is 0 Å². The zero-order chi connectivity index (χ0) is 14.4. The molecule has 2 fully saturated rings. The number of aliphatic hydroxyl groups excluding tert-OH is 1. The van der Waals surface area contributed by atoms with Crippen LogP contribution in [0.4, 0.5) is 0 Å². The molecule has 2 N–H and O–H groups in total. The van der Waals surface area contributed by atoms with Crippen LogP contribution in [-0.4, -0.2) is 60.4 Å². The summed E-state index contributed by atoms with van der Waals surface area (Å²) in [6, 6.07) is 0.712. The molecule has 5 nitrogen and oxygen atoms in total. The molecule has 0 aromatic heterocycles. The Labute approximate surface area is 121 Å². The molecular weight excluding hydrogens is 256 g/mol. The summed E-state index contributed by atoms with van der Waals surface area (Å²) < 4.78 is 5.51. The third-order valence-corrected chi connectivity index (χ3v) is 4.43. The maximum absolute atomic E-state index is 12.0. The summed E-state index contributed by atoms with van der Waals surface area (Å²) >= 11 is 0. The van der Waals surface area contributed by atoms with Gasteiger partial charge in [-0.15, -0.1) is 0 Å². The van der Waals surface area contributed by atoms with Gasteiger partial charge in [0.2, 0.25) is 5.91 Å². The van der Waals surface area contributed by atoms with Gasteiger partial charge in [-0.05, 0) is 19.8 Å². The summed E-state index contributed by atoms with van der Waals surface area (Å²) in [5, 5.41) is 12.3. The Balaban J connectivity index is 1.68. The molecule has 0 spiro atoms. The van der Waals surface area contributed by atoms with E-state index in [0.717, 1.165) is 19.4 Å². The standard InChI is InChI=1S/C15H28N2O3/c1-12-11-20-14(10-18)9-17(12)8-7-15(19)16-13-5-3-2-4-6-13/h12-14,18H,2-11H2,1H3,(H,16,19). The molecule has 2 unspecified atom stereocenters. The first-order valence-electron chi connectivity index (χ1n) is 7.95. The Morgan fingerprint density at radius 2 is 2.10 bits per heavy atom. The molecule has 2 atom stereocenters. The number of hydrogen-bond donors (Lipinski definition) is 2. The smallest absolute Gasteiger partial charge is 0.221 e. The van der Waals surface area contributed by atoms with Crippen molar-refractivity contribution in [1.82, 2.24) is 10.2 Å². The zero-order valence-electron chi connectivity index (χ0n) is 12.5. The van der Waals surface area contributed by atoms with Gasteiger partial charge in [0.15, 0.2) is 0 Å². The van der Waals surface area contributed by atoms with Crippen molar-refractivity contribution in [2.24, 2.45) is 0 Å². The van der Waals surface area contributed by atoms with Gasteiger partial charge in [0.25, 0.3) is 0 Å². The van der Waals surface area contributed by atoms with Crippen LogP contribution in [-0.2, 0) is 9.53 Å². The molecule has 1 heterocycles. The third-order valence-electron chi connectivity index (χ3n) is 4.43. The van der Waals surface area contributed by atoms with Crippen LogP contribution in [0.25, 0.3) is 0 Å². The second kappa shape index (κ2) is 7.96. The van der Waals surface area contributed by atoms with Crippen LogP contribution in [0.15, 0.2) is 0 Å². The number of carbonyl (C=O) groups is 1. The van der Waals surface area contributed by atoms with Crippen molar-refractivity contribution in [3.8, 4) is 0 Å². The van der Waals surface area contributed by atoms with E-state index in [1.165, 1.54) is 19.3 Å². The van der Waals surface area contributed by atoms with Crippen molar-refractivity contribution in [2.45, 2.75) is 63.6 Å². The zero-order valence-corrected chi connectivity index (χ0v) is 12.5. The first kappa shape index (κ1) is 15.7. The molecule has 2 aliphatic rings. The summed E-state index contributed by atoms with van der Waals surface area (Å²) in [5.74, 6) is 0.163. The van der Waals surface area contributed by atoms with Crippen LogP contribution in [0.5, 0.6) is 0 Å². The lowest BCUT2D eigenvalue weighted by molar-refractivity contribution is -0.123.